The van der Waals surface area contributed by atoms with Gasteiger partial charge in [0, 0.05) is 23.7 Å². The largest absolute Gasteiger partial charge is 0.497 e. The SMILES string of the molecule is CCOC(=O)N1CCc2c(sc(NCc3cccc(OC)c3)c2C(=O)Nc2ccc(OC)cc2)C1. The molecule has 0 fully saturated rings. The van der Waals surface area contributed by atoms with Crippen LogP contribution in [0.5, 0.6) is 11.5 Å². The van der Waals surface area contributed by atoms with Gasteiger partial charge in [-0.05, 0) is 60.9 Å². The number of nitrogens with zero attached hydrogens (tertiary/aromatic N) is 1. The van der Waals surface area contributed by atoms with Crippen molar-refractivity contribution in [1.82, 2.24) is 4.90 Å². The molecule has 8 nitrogen and oxygen atoms in total. The van der Waals surface area contributed by atoms with Gasteiger partial charge in [-0.1, -0.05) is 12.1 Å². The Hall–Kier alpha value is -3.72. The summed E-state index contributed by atoms with van der Waals surface area (Å²) in [7, 11) is 3.24. The number of hydrogen-bond acceptors (Lipinski definition) is 7. The third kappa shape index (κ3) is 5.68. The molecule has 9 heteroatoms. The first-order chi connectivity index (χ1) is 17.0. The molecule has 1 aromatic heterocycles. The summed E-state index contributed by atoms with van der Waals surface area (Å²) >= 11 is 1.50. The fraction of sp³-hybridized carbons (Fsp3) is 0.308. The third-order valence-corrected chi connectivity index (χ3v) is 6.92. The lowest BCUT2D eigenvalue weighted by molar-refractivity contribution is 0.102. The number of methoxy groups -OCH3 is 2. The number of hydrogen-bond donors (Lipinski definition) is 2. The molecule has 0 aliphatic carbocycles. The van der Waals surface area contributed by atoms with Gasteiger partial charge in [0.05, 0.1) is 32.9 Å². The maximum atomic E-state index is 13.5. The monoisotopic (exact) mass is 495 g/mol. The molecule has 0 spiro atoms. The molecular formula is C26H29N3O5S. The van der Waals surface area contributed by atoms with Gasteiger partial charge in [-0.3, -0.25) is 4.79 Å². The maximum Gasteiger partial charge on any atom is 0.410 e. The van der Waals surface area contributed by atoms with Gasteiger partial charge in [0.2, 0.25) is 0 Å². The van der Waals surface area contributed by atoms with E-state index < -0.39 is 0 Å². The number of nitrogens with one attached hydrogen (secondary N) is 2. The van der Waals surface area contributed by atoms with Crippen molar-refractivity contribution in [3.63, 3.8) is 0 Å². The van der Waals surface area contributed by atoms with Crippen molar-refractivity contribution in [1.29, 1.82) is 0 Å². The van der Waals surface area contributed by atoms with Crippen molar-refractivity contribution < 1.29 is 23.8 Å². The number of carbonyl (C=O) groups is 2. The van der Waals surface area contributed by atoms with Gasteiger partial charge < -0.3 is 29.7 Å². The molecule has 4 rings (SSSR count). The van der Waals surface area contributed by atoms with Gasteiger partial charge in [-0.25, -0.2) is 4.79 Å². The number of amides is 2. The van der Waals surface area contributed by atoms with Crippen LogP contribution >= 0.6 is 11.3 Å². The summed E-state index contributed by atoms with van der Waals surface area (Å²) in [6.45, 7) is 3.57. The number of thiophene rings is 1. The highest BCUT2D eigenvalue weighted by atomic mass is 32.1. The Bertz CT molecular complexity index is 1190. The standard InChI is InChI=1S/C26H29N3O5S/c1-4-34-26(31)29-13-12-21-22(16-29)35-25(27-15-17-6-5-7-20(14-17)33-3)23(21)24(30)28-18-8-10-19(32-2)11-9-18/h5-11,14,27H,4,12-13,15-16H2,1-3H3,(H,28,30). The first-order valence-electron chi connectivity index (χ1n) is 11.4. The molecule has 0 atom stereocenters. The summed E-state index contributed by atoms with van der Waals surface area (Å²) in [4.78, 5) is 28.4. The quantitative estimate of drug-likeness (QED) is 0.450. The lowest BCUT2D eigenvalue weighted by atomic mass is 10.0. The Kier molecular flexibility index (Phi) is 7.77. The smallest absolute Gasteiger partial charge is 0.410 e. The highest BCUT2D eigenvalue weighted by Crippen LogP contribution is 2.38. The second kappa shape index (κ2) is 11.1. The van der Waals surface area contributed by atoms with Gasteiger partial charge >= 0.3 is 6.09 Å². The first-order valence-corrected chi connectivity index (χ1v) is 12.2. The van der Waals surface area contributed by atoms with Crippen molar-refractivity contribution in [2.45, 2.75) is 26.4 Å². The zero-order valence-corrected chi connectivity index (χ0v) is 20.9. The van der Waals surface area contributed by atoms with Crippen LogP contribution in [0.25, 0.3) is 0 Å². The number of rotatable bonds is 8. The van der Waals surface area contributed by atoms with Crippen molar-refractivity contribution in [3.8, 4) is 11.5 Å². The second-order valence-corrected chi connectivity index (χ2v) is 9.07. The minimum atomic E-state index is -0.332. The highest BCUT2D eigenvalue weighted by Gasteiger charge is 2.30. The van der Waals surface area contributed by atoms with Crippen LogP contribution in [-0.2, 0) is 24.2 Å². The van der Waals surface area contributed by atoms with Crippen molar-refractivity contribution in [2.75, 3.05) is 38.0 Å². The van der Waals surface area contributed by atoms with E-state index in [1.54, 1.807) is 50.3 Å². The predicted octanol–water partition coefficient (Wildman–Crippen LogP) is 5.14. The van der Waals surface area contributed by atoms with Crippen LogP contribution < -0.4 is 20.1 Å². The fourth-order valence-corrected chi connectivity index (χ4v) is 5.23. The molecule has 2 aromatic carbocycles. The van der Waals surface area contributed by atoms with Crippen LogP contribution in [-0.4, -0.2) is 44.3 Å². The normalized spacial score (nSPS) is 12.5. The maximum absolute atomic E-state index is 13.5. The van der Waals surface area contributed by atoms with Crippen LogP contribution in [0.2, 0.25) is 0 Å². The summed E-state index contributed by atoms with van der Waals surface area (Å²) < 4.78 is 15.7. The molecule has 0 saturated carbocycles. The Balaban J connectivity index is 1.60. The van der Waals surface area contributed by atoms with Crippen LogP contribution in [0, 0.1) is 0 Å². The number of carbonyl (C=O) groups excluding carboxylic acids is 2. The molecule has 1 aliphatic heterocycles. The molecule has 35 heavy (non-hydrogen) atoms. The Morgan fingerprint density at radius 1 is 1.06 bits per heavy atom. The molecule has 1 aliphatic rings. The van der Waals surface area contributed by atoms with Crippen molar-refractivity contribution >= 4 is 34.0 Å². The number of ether oxygens (including phenoxy) is 3. The lowest BCUT2D eigenvalue weighted by Crippen LogP contribution is -2.36. The molecule has 2 heterocycles. The zero-order valence-electron chi connectivity index (χ0n) is 20.1. The topological polar surface area (TPSA) is 89.1 Å². The fourth-order valence-electron chi connectivity index (χ4n) is 3.97. The van der Waals surface area contributed by atoms with Gasteiger partial charge in [0.25, 0.3) is 5.91 Å². The van der Waals surface area contributed by atoms with E-state index in [0.717, 1.165) is 32.5 Å². The molecule has 2 amide bonds. The van der Waals surface area contributed by atoms with E-state index in [1.165, 1.54) is 11.3 Å². The summed E-state index contributed by atoms with van der Waals surface area (Å²) in [6.07, 6.45) is 0.248. The van der Waals surface area contributed by atoms with E-state index in [0.29, 0.717) is 43.9 Å². The van der Waals surface area contributed by atoms with E-state index in [-0.39, 0.29) is 12.0 Å². The molecular weight excluding hydrogens is 466 g/mol. The average Bonchev–Trinajstić information content (AvgIpc) is 3.26. The van der Waals surface area contributed by atoms with Crippen molar-refractivity contribution in [2.24, 2.45) is 0 Å². The predicted molar refractivity (Wildman–Crippen MR) is 137 cm³/mol. The van der Waals surface area contributed by atoms with E-state index in [4.69, 9.17) is 14.2 Å². The van der Waals surface area contributed by atoms with Gasteiger partial charge in [-0.2, -0.15) is 0 Å². The molecule has 0 unspecified atom stereocenters. The Morgan fingerprint density at radius 3 is 2.54 bits per heavy atom. The number of anilines is 2. The Morgan fingerprint density at radius 2 is 1.83 bits per heavy atom. The van der Waals surface area contributed by atoms with E-state index in [9.17, 15) is 9.59 Å². The number of fused-ring (bicyclic) bond motifs is 1. The molecule has 0 bridgehead atoms. The van der Waals surface area contributed by atoms with Crippen molar-refractivity contribution in [3.05, 3.63) is 70.1 Å². The van der Waals surface area contributed by atoms with Crippen LogP contribution in [0.1, 0.15) is 33.3 Å². The minimum Gasteiger partial charge on any atom is -0.497 e. The third-order valence-electron chi connectivity index (χ3n) is 5.75. The van der Waals surface area contributed by atoms with Gasteiger partial charge in [0.15, 0.2) is 0 Å². The molecule has 2 N–H and O–H groups in total. The van der Waals surface area contributed by atoms with E-state index >= 15 is 0 Å². The summed E-state index contributed by atoms with van der Waals surface area (Å²) in [5.74, 6) is 1.30. The van der Waals surface area contributed by atoms with Gasteiger partial charge in [0.1, 0.15) is 16.5 Å². The Labute approximate surface area is 208 Å². The highest BCUT2D eigenvalue weighted by molar-refractivity contribution is 7.16. The molecule has 184 valence electrons. The first kappa shape index (κ1) is 24.4. The minimum absolute atomic E-state index is 0.189. The van der Waals surface area contributed by atoms with Crippen LogP contribution in [0.3, 0.4) is 0 Å². The zero-order chi connectivity index (χ0) is 24.8. The van der Waals surface area contributed by atoms with Gasteiger partial charge in [-0.15, -0.1) is 11.3 Å². The van der Waals surface area contributed by atoms with E-state index in [1.807, 2.05) is 24.3 Å². The second-order valence-electron chi connectivity index (χ2n) is 7.97. The number of benzene rings is 2. The average molecular weight is 496 g/mol. The molecule has 3 aromatic rings. The van der Waals surface area contributed by atoms with E-state index in [2.05, 4.69) is 10.6 Å². The lowest BCUT2D eigenvalue weighted by Gasteiger charge is -2.26. The van der Waals surface area contributed by atoms with Crippen LogP contribution in [0.15, 0.2) is 48.5 Å². The molecule has 0 radical (unpaired) electrons. The summed E-state index contributed by atoms with van der Waals surface area (Å²) in [6, 6.07) is 15.0. The van der Waals surface area contributed by atoms with Crippen LogP contribution in [0.4, 0.5) is 15.5 Å². The summed E-state index contributed by atoms with van der Waals surface area (Å²) in [5.41, 5.74) is 3.30. The summed E-state index contributed by atoms with van der Waals surface area (Å²) in [5, 5.41) is 7.22. The molecule has 0 saturated heterocycles.